The molecule has 0 aliphatic heterocycles. The van der Waals surface area contributed by atoms with Gasteiger partial charge in [0.25, 0.3) is 0 Å². The summed E-state index contributed by atoms with van der Waals surface area (Å²) in [6, 6.07) is 10.6. The van der Waals surface area contributed by atoms with Gasteiger partial charge in [-0.05, 0) is 48.7 Å². The van der Waals surface area contributed by atoms with E-state index in [0.29, 0.717) is 5.75 Å². The number of thioether (sulfide) groups is 1. The molecule has 2 rings (SSSR count). The molecule has 0 bridgehead atoms. The molecule has 0 heterocycles. The third-order valence-electron chi connectivity index (χ3n) is 2.46. The number of benzene rings is 2. The van der Waals surface area contributed by atoms with Crippen molar-refractivity contribution in [2.45, 2.75) is 4.90 Å². The standard InChI is InChI=1S/C14H11FO3S/c1-19-11-5-3-10(4-6-11)18-13-7-2-9(15)8-12(13)14(16)17/h2-8H,1H3,(H,16,17). The van der Waals surface area contributed by atoms with Crippen LogP contribution in [0.2, 0.25) is 0 Å². The fourth-order valence-electron chi connectivity index (χ4n) is 1.53. The first-order valence-electron chi connectivity index (χ1n) is 5.45. The highest BCUT2D eigenvalue weighted by Gasteiger charge is 2.13. The molecule has 5 heteroatoms. The van der Waals surface area contributed by atoms with Crippen LogP contribution in [-0.4, -0.2) is 17.3 Å². The van der Waals surface area contributed by atoms with Gasteiger partial charge in [-0.1, -0.05) is 0 Å². The van der Waals surface area contributed by atoms with Gasteiger partial charge in [-0.3, -0.25) is 0 Å². The maximum atomic E-state index is 13.0. The Balaban J connectivity index is 2.29. The molecule has 0 aromatic heterocycles. The van der Waals surface area contributed by atoms with Crippen LogP contribution in [0.4, 0.5) is 4.39 Å². The van der Waals surface area contributed by atoms with Gasteiger partial charge in [0.1, 0.15) is 22.9 Å². The summed E-state index contributed by atoms with van der Waals surface area (Å²) in [5.41, 5.74) is -0.200. The van der Waals surface area contributed by atoms with Crippen molar-refractivity contribution in [3.05, 3.63) is 53.8 Å². The van der Waals surface area contributed by atoms with Crippen LogP contribution in [0.3, 0.4) is 0 Å². The maximum absolute atomic E-state index is 13.0. The molecule has 3 nitrogen and oxygen atoms in total. The molecule has 0 atom stereocenters. The predicted molar refractivity (Wildman–Crippen MR) is 71.7 cm³/mol. The number of hydrogen-bond acceptors (Lipinski definition) is 3. The van der Waals surface area contributed by atoms with E-state index in [1.54, 1.807) is 23.9 Å². The van der Waals surface area contributed by atoms with Crippen molar-refractivity contribution in [3.63, 3.8) is 0 Å². The minimum Gasteiger partial charge on any atom is -0.478 e. The second-order valence-corrected chi connectivity index (χ2v) is 4.60. The summed E-state index contributed by atoms with van der Waals surface area (Å²) in [5, 5.41) is 9.00. The van der Waals surface area contributed by atoms with Crippen LogP contribution in [0, 0.1) is 5.82 Å². The Labute approximate surface area is 114 Å². The largest absolute Gasteiger partial charge is 0.478 e. The lowest BCUT2D eigenvalue weighted by molar-refractivity contribution is 0.0693. The highest BCUT2D eigenvalue weighted by atomic mass is 32.2. The molecule has 0 aliphatic carbocycles. The normalized spacial score (nSPS) is 10.2. The van der Waals surface area contributed by atoms with Gasteiger partial charge in [0.2, 0.25) is 0 Å². The van der Waals surface area contributed by atoms with Crippen LogP contribution in [0.5, 0.6) is 11.5 Å². The topological polar surface area (TPSA) is 46.5 Å². The number of aromatic carboxylic acids is 1. The molecule has 0 fully saturated rings. The van der Waals surface area contributed by atoms with Crippen molar-refractivity contribution in [3.8, 4) is 11.5 Å². The summed E-state index contributed by atoms with van der Waals surface area (Å²) in [7, 11) is 0. The third-order valence-corrected chi connectivity index (χ3v) is 3.20. The first kappa shape index (κ1) is 13.4. The van der Waals surface area contributed by atoms with Crippen LogP contribution in [0.25, 0.3) is 0 Å². The molecule has 0 amide bonds. The van der Waals surface area contributed by atoms with Crippen LogP contribution < -0.4 is 4.74 Å². The number of carboxylic acids is 1. The smallest absolute Gasteiger partial charge is 0.339 e. The van der Waals surface area contributed by atoms with Gasteiger partial charge >= 0.3 is 5.97 Å². The number of halogens is 1. The Bertz CT molecular complexity index is 596. The van der Waals surface area contributed by atoms with Crippen LogP contribution >= 0.6 is 11.8 Å². The maximum Gasteiger partial charge on any atom is 0.339 e. The van der Waals surface area contributed by atoms with E-state index in [2.05, 4.69) is 0 Å². The molecule has 0 saturated heterocycles. The summed E-state index contributed by atoms with van der Waals surface area (Å²) in [6.07, 6.45) is 1.96. The predicted octanol–water partition coefficient (Wildman–Crippen LogP) is 4.04. The molecule has 2 aromatic rings. The lowest BCUT2D eigenvalue weighted by Gasteiger charge is -2.09. The minimum absolute atomic E-state index is 0.116. The zero-order valence-electron chi connectivity index (χ0n) is 10.1. The van der Waals surface area contributed by atoms with Gasteiger partial charge in [-0.25, -0.2) is 9.18 Å². The highest BCUT2D eigenvalue weighted by molar-refractivity contribution is 7.98. The number of carbonyl (C=O) groups is 1. The molecule has 0 radical (unpaired) electrons. The summed E-state index contributed by atoms with van der Waals surface area (Å²) in [5.74, 6) is -1.21. The summed E-state index contributed by atoms with van der Waals surface area (Å²) in [6.45, 7) is 0. The third kappa shape index (κ3) is 3.26. The quantitative estimate of drug-likeness (QED) is 0.857. The highest BCUT2D eigenvalue weighted by Crippen LogP contribution is 2.27. The number of rotatable bonds is 4. The summed E-state index contributed by atoms with van der Waals surface area (Å²) >= 11 is 1.59. The lowest BCUT2D eigenvalue weighted by Crippen LogP contribution is -2.00. The first-order valence-corrected chi connectivity index (χ1v) is 6.67. The van der Waals surface area contributed by atoms with Crippen molar-refractivity contribution in [2.24, 2.45) is 0 Å². The van der Waals surface area contributed by atoms with Gasteiger partial charge in [-0.15, -0.1) is 11.8 Å². The molecule has 0 spiro atoms. The van der Waals surface area contributed by atoms with E-state index < -0.39 is 11.8 Å². The van der Waals surface area contributed by atoms with E-state index in [0.717, 1.165) is 17.0 Å². The van der Waals surface area contributed by atoms with Crippen molar-refractivity contribution in [2.75, 3.05) is 6.26 Å². The summed E-state index contributed by atoms with van der Waals surface area (Å²) in [4.78, 5) is 12.1. The van der Waals surface area contributed by atoms with E-state index in [-0.39, 0.29) is 11.3 Å². The Kier molecular flexibility index (Phi) is 4.06. The summed E-state index contributed by atoms with van der Waals surface area (Å²) < 4.78 is 18.5. The molecule has 19 heavy (non-hydrogen) atoms. The van der Waals surface area contributed by atoms with Gasteiger partial charge < -0.3 is 9.84 Å². The molecule has 98 valence electrons. The zero-order chi connectivity index (χ0) is 13.8. The molecular weight excluding hydrogens is 267 g/mol. The monoisotopic (exact) mass is 278 g/mol. The van der Waals surface area contributed by atoms with Crippen molar-refractivity contribution in [1.82, 2.24) is 0 Å². The van der Waals surface area contributed by atoms with Gasteiger partial charge in [0.05, 0.1) is 0 Å². The zero-order valence-corrected chi connectivity index (χ0v) is 10.9. The fraction of sp³-hybridized carbons (Fsp3) is 0.0714. The minimum atomic E-state index is -1.23. The average Bonchev–Trinajstić information content (AvgIpc) is 2.41. The van der Waals surface area contributed by atoms with Gasteiger partial charge in [0.15, 0.2) is 0 Å². The van der Waals surface area contributed by atoms with Crippen LogP contribution in [-0.2, 0) is 0 Å². The Morgan fingerprint density at radius 1 is 1.21 bits per heavy atom. The van der Waals surface area contributed by atoms with E-state index in [9.17, 15) is 9.18 Å². The first-order chi connectivity index (χ1) is 9.10. The molecular formula is C14H11FO3S. The fourth-order valence-corrected chi connectivity index (χ4v) is 1.94. The van der Waals surface area contributed by atoms with Crippen LogP contribution in [0.1, 0.15) is 10.4 Å². The van der Waals surface area contributed by atoms with Crippen molar-refractivity contribution >= 4 is 17.7 Å². The second kappa shape index (κ2) is 5.75. The van der Waals surface area contributed by atoms with E-state index in [1.807, 2.05) is 18.4 Å². The number of ether oxygens (including phenoxy) is 1. The Morgan fingerprint density at radius 2 is 1.89 bits per heavy atom. The van der Waals surface area contributed by atoms with Crippen molar-refractivity contribution < 1.29 is 19.0 Å². The number of hydrogen-bond donors (Lipinski definition) is 1. The van der Waals surface area contributed by atoms with E-state index in [4.69, 9.17) is 9.84 Å². The molecule has 0 aliphatic rings. The molecule has 2 aromatic carbocycles. The Morgan fingerprint density at radius 3 is 2.47 bits per heavy atom. The second-order valence-electron chi connectivity index (χ2n) is 3.72. The average molecular weight is 278 g/mol. The van der Waals surface area contributed by atoms with E-state index >= 15 is 0 Å². The lowest BCUT2D eigenvalue weighted by atomic mass is 10.2. The van der Waals surface area contributed by atoms with Gasteiger partial charge in [0, 0.05) is 4.90 Å². The van der Waals surface area contributed by atoms with Gasteiger partial charge in [-0.2, -0.15) is 0 Å². The number of carboxylic acid groups (broad SMARTS) is 1. The van der Waals surface area contributed by atoms with Crippen LogP contribution in [0.15, 0.2) is 47.4 Å². The molecule has 0 unspecified atom stereocenters. The SMILES string of the molecule is CSc1ccc(Oc2ccc(F)cc2C(=O)O)cc1. The molecule has 0 saturated carbocycles. The van der Waals surface area contributed by atoms with E-state index in [1.165, 1.54) is 6.07 Å². The molecule has 1 N–H and O–H groups in total. The van der Waals surface area contributed by atoms with Crippen molar-refractivity contribution in [1.29, 1.82) is 0 Å². The Hall–Kier alpha value is -2.01.